The summed E-state index contributed by atoms with van der Waals surface area (Å²) in [7, 11) is 0. The van der Waals surface area contributed by atoms with Gasteiger partial charge in [-0.05, 0) is 12.1 Å². The van der Waals surface area contributed by atoms with Gasteiger partial charge in [0, 0.05) is 0 Å². The van der Waals surface area contributed by atoms with Crippen molar-refractivity contribution >= 4 is 22.3 Å². The highest BCUT2D eigenvalue weighted by atomic mass is 16.6. The Morgan fingerprint density at radius 2 is 1.59 bits per heavy atom. The van der Waals surface area contributed by atoms with Crippen LogP contribution in [-0.2, 0) is 0 Å². The molecule has 2 aromatic rings. The molecule has 0 aliphatic heterocycles. The van der Waals surface area contributed by atoms with E-state index in [-0.39, 0.29) is 11.0 Å². The van der Waals surface area contributed by atoms with Crippen LogP contribution < -0.4 is 5.63 Å². The Morgan fingerprint density at radius 3 is 2.18 bits per heavy atom. The minimum Gasteiger partial charge on any atom is -0.417 e. The van der Waals surface area contributed by atoms with E-state index < -0.39 is 26.8 Å². The molecule has 2 rings (SSSR count). The van der Waals surface area contributed by atoms with Gasteiger partial charge in [-0.15, -0.1) is 0 Å². The number of para-hydroxylation sites is 1. The van der Waals surface area contributed by atoms with Gasteiger partial charge < -0.3 is 4.42 Å². The number of nitrogens with zero attached hydrogens (tertiary/aromatic N) is 2. The Balaban J connectivity index is 3.04. The largest absolute Gasteiger partial charge is 0.430 e. The van der Waals surface area contributed by atoms with Crippen LogP contribution in [0.5, 0.6) is 0 Å². The Labute approximate surface area is 92.4 Å². The quantitative estimate of drug-likeness (QED) is 0.444. The van der Waals surface area contributed by atoms with E-state index in [0.29, 0.717) is 0 Å². The molecule has 0 spiro atoms. The molecule has 0 radical (unpaired) electrons. The Bertz CT molecular complexity index is 689. The lowest BCUT2D eigenvalue weighted by molar-refractivity contribution is -0.423. The maximum atomic E-state index is 11.3. The molecule has 8 nitrogen and oxygen atoms in total. The highest BCUT2D eigenvalue weighted by molar-refractivity contribution is 5.90. The predicted molar refractivity (Wildman–Crippen MR) is 55.8 cm³/mol. The van der Waals surface area contributed by atoms with Crippen molar-refractivity contribution in [2.24, 2.45) is 0 Å². The van der Waals surface area contributed by atoms with Crippen LogP contribution in [0, 0.1) is 20.2 Å². The van der Waals surface area contributed by atoms with Gasteiger partial charge in [0.2, 0.25) is 0 Å². The van der Waals surface area contributed by atoms with E-state index in [1.54, 1.807) is 0 Å². The van der Waals surface area contributed by atoms with E-state index in [4.69, 9.17) is 0 Å². The first kappa shape index (κ1) is 10.7. The summed E-state index contributed by atoms with van der Waals surface area (Å²) in [6, 6.07) is 5.57. The van der Waals surface area contributed by atoms with Crippen LogP contribution in [0.25, 0.3) is 11.0 Å². The summed E-state index contributed by atoms with van der Waals surface area (Å²) in [5.41, 5.74) is -3.40. The molecular formula is C9H4N2O6. The van der Waals surface area contributed by atoms with Crippen molar-refractivity contribution in [1.82, 2.24) is 0 Å². The molecule has 0 unspecified atom stereocenters. The van der Waals surface area contributed by atoms with Crippen LogP contribution in [0.1, 0.15) is 0 Å². The second-order valence-electron chi connectivity index (χ2n) is 3.10. The lowest BCUT2D eigenvalue weighted by Gasteiger charge is -1.98. The molecule has 1 heterocycles. The SMILES string of the molecule is O=c1oc2ccccc2c([N+](=O)[O-])c1[N+](=O)[O-]. The van der Waals surface area contributed by atoms with Crippen LogP contribution in [0.3, 0.4) is 0 Å². The fourth-order valence-corrected chi connectivity index (χ4v) is 1.47. The van der Waals surface area contributed by atoms with Gasteiger partial charge in [0.1, 0.15) is 11.0 Å². The molecule has 0 aliphatic rings. The van der Waals surface area contributed by atoms with Crippen LogP contribution in [-0.4, -0.2) is 9.85 Å². The summed E-state index contributed by atoms with van der Waals surface area (Å²) in [5, 5.41) is 21.4. The molecule has 86 valence electrons. The van der Waals surface area contributed by atoms with E-state index in [1.165, 1.54) is 24.3 Å². The van der Waals surface area contributed by atoms with Gasteiger partial charge >= 0.3 is 17.0 Å². The first-order valence-electron chi connectivity index (χ1n) is 4.37. The number of hydrogen-bond acceptors (Lipinski definition) is 6. The van der Waals surface area contributed by atoms with E-state index in [9.17, 15) is 25.0 Å². The van der Waals surface area contributed by atoms with Gasteiger partial charge in [0.15, 0.2) is 0 Å². The zero-order chi connectivity index (χ0) is 12.6. The van der Waals surface area contributed by atoms with E-state index in [2.05, 4.69) is 4.42 Å². The number of nitro groups is 2. The third-order valence-electron chi connectivity index (χ3n) is 2.13. The minimum absolute atomic E-state index is 0.0604. The third-order valence-corrected chi connectivity index (χ3v) is 2.13. The summed E-state index contributed by atoms with van der Waals surface area (Å²) in [6.45, 7) is 0. The minimum atomic E-state index is -1.33. The molecule has 0 atom stereocenters. The van der Waals surface area contributed by atoms with E-state index in [1.807, 2.05) is 0 Å². The lowest BCUT2D eigenvalue weighted by Crippen LogP contribution is -2.10. The van der Waals surface area contributed by atoms with Crippen molar-refractivity contribution < 1.29 is 14.3 Å². The van der Waals surface area contributed by atoms with Crippen molar-refractivity contribution in [2.75, 3.05) is 0 Å². The molecule has 0 bridgehead atoms. The zero-order valence-electron chi connectivity index (χ0n) is 8.15. The molecule has 0 N–H and O–H groups in total. The molecule has 0 saturated carbocycles. The summed E-state index contributed by atoms with van der Waals surface area (Å²) >= 11 is 0. The smallest absolute Gasteiger partial charge is 0.417 e. The van der Waals surface area contributed by atoms with Crippen molar-refractivity contribution in [3.8, 4) is 0 Å². The lowest BCUT2D eigenvalue weighted by atomic mass is 10.2. The molecular weight excluding hydrogens is 232 g/mol. The average Bonchev–Trinajstić information content (AvgIpc) is 2.26. The van der Waals surface area contributed by atoms with Crippen LogP contribution >= 0.6 is 0 Å². The highest BCUT2D eigenvalue weighted by Gasteiger charge is 2.33. The molecule has 0 amide bonds. The number of hydrogen-bond donors (Lipinski definition) is 0. The Kier molecular flexibility index (Phi) is 2.32. The first-order chi connectivity index (χ1) is 8.02. The molecule has 0 saturated heterocycles. The fraction of sp³-hybridized carbons (Fsp3) is 0. The molecule has 8 heteroatoms. The van der Waals surface area contributed by atoms with Crippen LogP contribution in [0.15, 0.2) is 33.5 Å². The topological polar surface area (TPSA) is 116 Å². The maximum Gasteiger partial charge on any atom is 0.430 e. The van der Waals surface area contributed by atoms with Crippen molar-refractivity contribution in [2.45, 2.75) is 0 Å². The van der Waals surface area contributed by atoms with Gasteiger partial charge in [0.25, 0.3) is 0 Å². The van der Waals surface area contributed by atoms with Gasteiger partial charge in [-0.25, -0.2) is 4.79 Å². The zero-order valence-corrected chi connectivity index (χ0v) is 8.15. The first-order valence-corrected chi connectivity index (χ1v) is 4.37. The fourth-order valence-electron chi connectivity index (χ4n) is 1.47. The Morgan fingerprint density at radius 1 is 1.00 bits per heavy atom. The highest BCUT2D eigenvalue weighted by Crippen LogP contribution is 2.31. The van der Waals surface area contributed by atoms with Crippen molar-refractivity contribution in [3.63, 3.8) is 0 Å². The summed E-state index contributed by atoms with van der Waals surface area (Å²) < 4.78 is 4.64. The Hall–Kier alpha value is -2.77. The van der Waals surface area contributed by atoms with Gasteiger partial charge in [-0.3, -0.25) is 20.2 Å². The second kappa shape index (κ2) is 3.67. The van der Waals surface area contributed by atoms with E-state index >= 15 is 0 Å². The monoisotopic (exact) mass is 236 g/mol. The van der Waals surface area contributed by atoms with Gasteiger partial charge in [-0.1, -0.05) is 12.1 Å². The normalized spacial score (nSPS) is 10.4. The molecule has 17 heavy (non-hydrogen) atoms. The van der Waals surface area contributed by atoms with Crippen molar-refractivity contribution in [3.05, 3.63) is 54.9 Å². The predicted octanol–water partition coefficient (Wildman–Crippen LogP) is 1.61. The van der Waals surface area contributed by atoms with Crippen LogP contribution in [0.2, 0.25) is 0 Å². The molecule has 1 aromatic carbocycles. The number of fused-ring (bicyclic) bond motifs is 1. The summed E-state index contributed by atoms with van der Waals surface area (Å²) in [6.07, 6.45) is 0. The molecule has 0 fully saturated rings. The summed E-state index contributed by atoms with van der Waals surface area (Å²) in [4.78, 5) is 30.7. The molecule has 1 aromatic heterocycles. The standard InChI is InChI=1S/C9H4N2O6/c12-9-8(11(15)16)7(10(13)14)5-3-1-2-4-6(5)17-9/h1-4H. The van der Waals surface area contributed by atoms with Gasteiger partial charge in [-0.2, -0.15) is 0 Å². The number of rotatable bonds is 2. The van der Waals surface area contributed by atoms with E-state index in [0.717, 1.165) is 0 Å². The third kappa shape index (κ3) is 1.61. The molecule has 0 aliphatic carbocycles. The average molecular weight is 236 g/mol. The second-order valence-corrected chi connectivity index (χ2v) is 3.10. The maximum absolute atomic E-state index is 11.3. The summed E-state index contributed by atoms with van der Waals surface area (Å²) in [5.74, 6) is 0. The van der Waals surface area contributed by atoms with Crippen LogP contribution in [0.4, 0.5) is 11.4 Å². The van der Waals surface area contributed by atoms with Gasteiger partial charge in [0.05, 0.1) is 9.85 Å². The number of benzene rings is 1. The van der Waals surface area contributed by atoms with Crippen molar-refractivity contribution in [1.29, 1.82) is 0 Å².